The van der Waals surface area contributed by atoms with E-state index in [-0.39, 0.29) is 13.2 Å². The lowest BCUT2D eigenvalue weighted by Crippen LogP contribution is -2.33. The first-order valence-corrected chi connectivity index (χ1v) is 8.64. The summed E-state index contributed by atoms with van der Waals surface area (Å²) in [6.07, 6.45) is 0. The van der Waals surface area contributed by atoms with E-state index < -0.39 is 0 Å². The van der Waals surface area contributed by atoms with Gasteiger partial charge in [0.2, 0.25) is 11.2 Å². The molecule has 0 N–H and O–H groups in total. The summed E-state index contributed by atoms with van der Waals surface area (Å²) in [5, 5.41) is 14.1. The predicted octanol–water partition coefficient (Wildman–Crippen LogP) is 3.33. The highest BCUT2D eigenvalue weighted by molar-refractivity contribution is 6.12. The van der Waals surface area contributed by atoms with E-state index in [2.05, 4.69) is 29.8 Å². The molecule has 2 heterocycles. The van der Waals surface area contributed by atoms with Crippen LogP contribution in [-0.2, 0) is 7.05 Å². The Balaban J connectivity index is 1.90. The number of fused-ring (bicyclic) bond motifs is 4. The van der Waals surface area contributed by atoms with Gasteiger partial charge in [-0.05, 0) is 30.3 Å². The van der Waals surface area contributed by atoms with E-state index in [1.807, 2.05) is 42.5 Å². The average Bonchev–Trinajstić information content (AvgIpc) is 2.69. The first kappa shape index (κ1) is 15.2. The number of benzene rings is 3. The second kappa shape index (κ2) is 5.71. The largest absolute Gasteiger partial charge is 0.852 e. The Morgan fingerprint density at radius 3 is 2.69 bits per heavy atom. The molecule has 128 valence electrons. The molecule has 0 atom stereocenters. The lowest BCUT2D eigenvalue weighted by atomic mass is 9.96. The van der Waals surface area contributed by atoms with Gasteiger partial charge in [-0.15, -0.1) is 6.61 Å². The van der Waals surface area contributed by atoms with Crippen LogP contribution < -0.4 is 19.1 Å². The summed E-state index contributed by atoms with van der Waals surface area (Å²) in [7, 11) is 2.06. The van der Waals surface area contributed by atoms with Gasteiger partial charge in [0, 0.05) is 5.39 Å². The van der Waals surface area contributed by atoms with Crippen molar-refractivity contribution in [2.45, 2.75) is 0 Å². The fraction of sp³-hybridized carbons (Fsp3) is 0.136. The van der Waals surface area contributed by atoms with Crippen LogP contribution in [0, 0.1) is 0 Å². The van der Waals surface area contributed by atoms with Gasteiger partial charge in [0.05, 0.1) is 29.0 Å². The van der Waals surface area contributed by atoms with Crippen LogP contribution in [0.25, 0.3) is 32.9 Å². The lowest BCUT2D eigenvalue weighted by molar-refractivity contribution is -0.632. The maximum absolute atomic E-state index is 10.7. The van der Waals surface area contributed by atoms with Crippen LogP contribution in [0.1, 0.15) is 0 Å². The quantitative estimate of drug-likeness (QED) is 0.373. The highest BCUT2D eigenvalue weighted by atomic mass is 16.5. The fourth-order valence-corrected chi connectivity index (χ4v) is 3.82. The Morgan fingerprint density at radius 2 is 1.81 bits per heavy atom. The molecule has 0 unspecified atom stereocenters. The molecule has 26 heavy (non-hydrogen) atoms. The number of aromatic nitrogens is 1. The van der Waals surface area contributed by atoms with E-state index in [1.165, 1.54) is 0 Å². The van der Waals surface area contributed by atoms with Crippen molar-refractivity contribution < 1.29 is 19.1 Å². The highest BCUT2D eigenvalue weighted by Crippen LogP contribution is 2.46. The van der Waals surface area contributed by atoms with Crippen LogP contribution in [0.2, 0.25) is 0 Å². The number of nitrogens with zero attached hydrogens (tertiary/aromatic N) is 1. The van der Waals surface area contributed by atoms with Crippen molar-refractivity contribution in [3.8, 4) is 28.5 Å². The summed E-state index contributed by atoms with van der Waals surface area (Å²) >= 11 is 0. The Bertz CT molecular complexity index is 1170. The summed E-state index contributed by atoms with van der Waals surface area (Å²) in [5.74, 6) is 2.45. The standard InChI is InChI=1S/C22H17NO3/c1-23-18-13-14(25-12-11-24)9-10-15(18)16-6-4-8-20-21(16)22(23)17-5-2-3-7-19(17)26-20/h2-10,13H,11-12H2,1H3. The molecular weight excluding hydrogens is 326 g/mol. The van der Waals surface area contributed by atoms with Gasteiger partial charge >= 0.3 is 0 Å². The third-order valence-corrected chi connectivity index (χ3v) is 4.93. The zero-order valence-electron chi connectivity index (χ0n) is 14.4. The Labute approximate surface area is 150 Å². The minimum absolute atomic E-state index is 0.177. The first-order valence-electron chi connectivity index (χ1n) is 8.64. The van der Waals surface area contributed by atoms with Gasteiger partial charge in [0.25, 0.3) is 0 Å². The van der Waals surface area contributed by atoms with Crippen LogP contribution in [0.15, 0.2) is 60.7 Å². The molecule has 1 aliphatic rings. The summed E-state index contributed by atoms with van der Waals surface area (Å²) < 4.78 is 13.9. The van der Waals surface area contributed by atoms with Gasteiger partial charge in [-0.25, -0.2) is 0 Å². The zero-order valence-corrected chi connectivity index (χ0v) is 14.4. The lowest BCUT2D eigenvalue weighted by Gasteiger charge is -2.20. The number of hydrogen-bond acceptors (Lipinski definition) is 3. The number of aryl methyl sites for hydroxylation is 1. The highest BCUT2D eigenvalue weighted by Gasteiger charge is 2.29. The van der Waals surface area contributed by atoms with Crippen molar-refractivity contribution in [3.63, 3.8) is 0 Å². The minimum atomic E-state index is -0.249. The van der Waals surface area contributed by atoms with Crippen molar-refractivity contribution in [1.29, 1.82) is 0 Å². The first-order chi connectivity index (χ1) is 12.8. The van der Waals surface area contributed by atoms with Crippen molar-refractivity contribution in [1.82, 2.24) is 0 Å². The molecule has 4 heteroatoms. The van der Waals surface area contributed by atoms with Gasteiger partial charge in [-0.3, -0.25) is 0 Å². The number of pyridine rings is 1. The van der Waals surface area contributed by atoms with Crippen molar-refractivity contribution in [2.75, 3.05) is 13.2 Å². The molecule has 0 saturated carbocycles. The van der Waals surface area contributed by atoms with E-state index in [1.54, 1.807) is 0 Å². The molecular formula is C22H17NO3. The molecule has 0 amide bonds. The number of rotatable bonds is 3. The van der Waals surface area contributed by atoms with Crippen LogP contribution in [0.5, 0.6) is 17.2 Å². The molecule has 1 aliphatic heterocycles. The minimum Gasteiger partial charge on any atom is -0.852 e. The van der Waals surface area contributed by atoms with Gasteiger partial charge in [0.15, 0.2) is 0 Å². The third kappa shape index (κ3) is 2.09. The fourth-order valence-electron chi connectivity index (χ4n) is 3.82. The molecule has 3 aromatic carbocycles. The molecule has 5 rings (SSSR count). The monoisotopic (exact) mass is 343 g/mol. The second-order valence-corrected chi connectivity index (χ2v) is 6.42. The molecule has 0 bridgehead atoms. The van der Waals surface area contributed by atoms with E-state index >= 15 is 0 Å². The molecule has 0 saturated heterocycles. The molecule has 1 aromatic heterocycles. The molecule has 0 aliphatic carbocycles. The van der Waals surface area contributed by atoms with E-state index in [4.69, 9.17) is 9.47 Å². The summed E-state index contributed by atoms with van der Waals surface area (Å²) in [6, 6.07) is 20.2. The van der Waals surface area contributed by atoms with Crippen molar-refractivity contribution >= 4 is 21.7 Å². The van der Waals surface area contributed by atoms with E-state index in [0.29, 0.717) is 5.75 Å². The van der Waals surface area contributed by atoms with Crippen LogP contribution in [0.3, 0.4) is 0 Å². The smallest absolute Gasteiger partial charge is 0.228 e. The normalized spacial score (nSPS) is 12.1. The molecule has 4 aromatic rings. The van der Waals surface area contributed by atoms with Crippen LogP contribution in [0.4, 0.5) is 0 Å². The second-order valence-electron chi connectivity index (χ2n) is 6.42. The van der Waals surface area contributed by atoms with E-state index in [9.17, 15) is 5.11 Å². The Morgan fingerprint density at radius 1 is 0.962 bits per heavy atom. The Hall–Kier alpha value is -3.11. The predicted molar refractivity (Wildman–Crippen MR) is 98.5 cm³/mol. The van der Waals surface area contributed by atoms with Gasteiger partial charge < -0.3 is 14.6 Å². The van der Waals surface area contributed by atoms with Crippen LogP contribution >= 0.6 is 0 Å². The topological polar surface area (TPSA) is 45.4 Å². The van der Waals surface area contributed by atoms with Crippen LogP contribution in [-0.4, -0.2) is 13.2 Å². The van der Waals surface area contributed by atoms with Gasteiger partial charge in [-0.2, -0.15) is 4.57 Å². The average molecular weight is 343 g/mol. The van der Waals surface area contributed by atoms with Gasteiger partial charge in [0.1, 0.15) is 24.3 Å². The Kier molecular flexibility index (Phi) is 3.33. The molecule has 0 fully saturated rings. The third-order valence-electron chi connectivity index (χ3n) is 4.93. The summed E-state index contributed by atoms with van der Waals surface area (Å²) in [4.78, 5) is 0. The zero-order chi connectivity index (χ0) is 17.7. The van der Waals surface area contributed by atoms with Gasteiger partial charge in [-0.1, -0.05) is 24.3 Å². The molecule has 0 spiro atoms. The number of ether oxygens (including phenoxy) is 2. The molecule has 0 radical (unpaired) electrons. The number of para-hydroxylation sites is 1. The summed E-state index contributed by atoms with van der Waals surface area (Å²) in [6.45, 7) is -0.0717. The van der Waals surface area contributed by atoms with Crippen molar-refractivity contribution in [3.05, 3.63) is 60.7 Å². The maximum Gasteiger partial charge on any atom is 0.228 e. The molecule has 4 nitrogen and oxygen atoms in total. The van der Waals surface area contributed by atoms with Crippen molar-refractivity contribution in [2.24, 2.45) is 7.05 Å². The van der Waals surface area contributed by atoms with E-state index in [0.717, 1.165) is 44.4 Å². The summed E-state index contributed by atoms with van der Waals surface area (Å²) in [5.41, 5.74) is 3.27. The number of hydrogen-bond donors (Lipinski definition) is 0. The maximum atomic E-state index is 10.7. The SMILES string of the molecule is C[n+]1c2c3c(cccc3c3ccc(OCC[O-])cc31)Oc1ccccc1-2.